The van der Waals surface area contributed by atoms with E-state index in [2.05, 4.69) is 9.88 Å². The average Bonchev–Trinajstić information content (AvgIpc) is 3.18. The molecule has 1 aromatic heterocycles. The second kappa shape index (κ2) is 9.05. The van der Waals surface area contributed by atoms with Gasteiger partial charge in [0, 0.05) is 38.3 Å². The van der Waals surface area contributed by atoms with Crippen molar-refractivity contribution in [1.82, 2.24) is 9.88 Å². The number of amides is 1. The van der Waals surface area contributed by atoms with Gasteiger partial charge in [0.25, 0.3) is 11.6 Å². The van der Waals surface area contributed by atoms with E-state index in [1.54, 1.807) is 4.90 Å². The zero-order chi connectivity index (χ0) is 21.1. The van der Waals surface area contributed by atoms with Gasteiger partial charge in [-0.25, -0.2) is 4.98 Å². The zero-order valence-electron chi connectivity index (χ0n) is 16.0. The maximum absolute atomic E-state index is 13.4. The first-order valence-corrected chi connectivity index (χ1v) is 10.6. The highest BCUT2D eigenvalue weighted by Gasteiger charge is 2.26. The third-order valence-corrected chi connectivity index (χ3v) is 6.28. The summed E-state index contributed by atoms with van der Waals surface area (Å²) in [6.07, 6.45) is 0. The van der Waals surface area contributed by atoms with Crippen LogP contribution in [-0.4, -0.2) is 60.1 Å². The lowest BCUT2D eigenvalue weighted by atomic mass is 10.1. The third-order valence-electron chi connectivity index (χ3n) is 4.89. The van der Waals surface area contributed by atoms with Gasteiger partial charge in [0.05, 0.1) is 38.9 Å². The Balaban J connectivity index is 1.67. The van der Waals surface area contributed by atoms with Gasteiger partial charge in [0.15, 0.2) is 5.13 Å². The molecule has 3 aromatic rings. The second-order valence-electron chi connectivity index (χ2n) is 6.80. The van der Waals surface area contributed by atoms with Gasteiger partial charge in [0.2, 0.25) is 0 Å². The highest BCUT2D eigenvalue weighted by Crippen LogP contribution is 2.31. The number of anilines is 1. The van der Waals surface area contributed by atoms with Crippen LogP contribution in [-0.2, 0) is 4.74 Å². The van der Waals surface area contributed by atoms with Gasteiger partial charge in [0.1, 0.15) is 0 Å². The minimum Gasteiger partial charge on any atom is -0.379 e. The summed E-state index contributed by atoms with van der Waals surface area (Å²) in [5.41, 5.74) is 0.707. The van der Waals surface area contributed by atoms with Crippen molar-refractivity contribution in [2.75, 3.05) is 44.3 Å². The number of aromatic nitrogens is 1. The molecule has 2 aromatic carbocycles. The molecule has 1 aliphatic rings. The number of hydrogen-bond acceptors (Lipinski definition) is 7. The summed E-state index contributed by atoms with van der Waals surface area (Å²) in [5, 5.41) is 11.9. The van der Waals surface area contributed by atoms with Crippen LogP contribution >= 0.6 is 22.9 Å². The highest BCUT2D eigenvalue weighted by molar-refractivity contribution is 7.22. The van der Waals surface area contributed by atoms with E-state index in [0.717, 1.165) is 23.3 Å². The smallest absolute Gasteiger partial charge is 0.270 e. The van der Waals surface area contributed by atoms with E-state index in [-0.39, 0.29) is 16.3 Å². The van der Waals surface area contributed by atoms with Crippen LogP contribution in [0.1, 0.15) is 10.4 Å². The second-order valence-corrected chi connectivity index (χ2v) is 8.21. The van der Waals surface area contributed by atoms with Gasteiger partial charge >= 0.3 is 0 Å². The van der Waals surface area contributed by atoms with Crippen molar-refractivity contribution < 1.29 is 14.5 Å². The Morgan fingerprint density at radius 3 is 2.77 bits per heavy atom. The number of carbonyl (C=O) groups excluding carboxylic acids is 1. The Morgan fingerprint density at radius 1 is 1.27 bits per heavy atom. The lowest BCUT2D eigenvalue weighted by molar-refractivity contribution is -0.384. The fourth-order valence-electron chi connectivity index (χ4n) is 3.26. The van der Waals surface area contributed by atoms with Gasteiger partial charge in [-0.15, -0.1) is 0 Å². The van der Waals surface area contributed by atoms with Crippen LogP contribution in [0, 0.1) is 10.1 Å². The van der Waals surface area contributed by atoms with Crippen molar-refractivity contribution in [3.63, 3.8) is 0 Å². The molecule has 2 heterocycles. The Kier molecular flexibility index (Phi) is 6.24. The molecule has 0 N–H and O–H groups in total. The first-order chi connectivity index (χ1) is 14.5. The van der Waals surface area contributed by atoms with Crippen LogP contribution in [0.2, 0.25) is 5.02 Å². The molecule has 1 saturated heterocycles. The Bertz CT molecular complexity index is 1050. The SMILES string of the molecule is O=C(c1cc([N+](=O)[O-])ccc1Cl)N(CCN1CCOCC1)c1nc2ccccc2s1. The molecule has 156 valence electrons. The molecule has 0 bridgehead atoms. The number of hydrogen-bond donors (Lipinski definition) is 0. The summed E-state index contributed by atoms with van der Waals surface area (Å²) < 4.78 is 6.35. The van der Waals surface area contributed by atoms with Crippen molar-refractivity contribution in [3.05, 3.63) is 63.2 Å². The van der Waals surface area contributed by atoms with Gasteiger partial charge in [-0.3, -0.25) is 24.7 Å². The molecule has 1 fully saturated rings. The maximum Gasteiger partial charge on any atom is 0.270 e. The number of nitrogens with zero attached hydrogens (tertiary/aromatic N) is 4. The number of nitro groups is 1. The van der Waals surface area contributed by atoms with E-state index < -0.39 is 10.8 Å². The van der Waals surface area contributed by atoms with E-state index in [9.17, 15) is 14.9 Å². The van der Waals surface area contributed by atoms with Crippen LogP contribution in [0.15, 0.2) is 42.5 Å². The van der Waals surface area contributed by atoms with Gasteiger partial charge < -0.3 is 4.74 Å². The fraction of sp³-hybridized carbons (Fsp3) is 0.300. The van der Waals surface area contributed by atoms with Crippen LogP contribution in [0.5, 0.6) is 0 Å². The molecule has 10 heteroatoms. The average molecular weight is 447 g/mol. The lowest BCUT2D eigenvalue weighted by Gasteiger charge is -2.29. The summed E-state index contributed by atoms with van der Waals surface area (Å²) >= 11 is 7.65. The molecule has 0 radical (unpaired) electrons. The molecule has 0 saturated carbocycles. The molecule has 0 spiro atoms. The summed E-state index contributed by atoms with van der Waals surface area (Å²) in [5.74, 6) is -0.406. The standard InChI is InChI=1S/C20H19ClN4O4S/c21-16-6-5-14(25(27)28)13-15(16)19(26)24(8-7-23-9-11-29-12-10-23)20-22-17-3-1-2-4-18(17)30-20/h1-6,13H,7-12H2. The number of para-hydroxylation sites is 1. The molecule has 4 rings (SSSR count). The number of carbonyl (C=O) groups is 1. The fourth-order valence-corrected chi connectivity index (χ4v) is 4.45. The number of fused-ring (bicyclic) bond motifs is 1. The molecule has 0 atom stereocenters. The van der Waals surface area contributed by atoms with E-state index in [0.29, 0.717) is 31.4 Å². The van der Waals surface area contributed by atoms with Gasteiger partial charge in [-0.1, -0.05) is 35.1 Å². The van der Waals surface area contributed by atoms with Crippen molar-refractivity contribution in [2.24, 2.45) is 0 Å². The largest absolute Gasteiger partial charge is 0.379 e. The lowest BCUT2D eigenvalue weighted by Crippen LogP contribution is -2.43. The molecule has 30 heavy (non-hydrogen) atoms. The number of rotatable bonds is 6. The topological polar surface area (TPSA) is 88.8 Å². The summed E-state index contributed by atoms with van der Waals surface area (Å²) in [4.78, 5) is 32.5. The molecule has 8 nitrogen and oxygen atoms in total. The maximum atomic E-state index is 13.4. The van der Waals surface area contributed by atoms with Gasteiger partial charge in [-0.2, -0.15) is 0 Å². The Hall–Kier alpha value is -2.59. The van der Waals surface area contributed by atoms with E-state index in [4.69, 9.17) is 16.3 Å². The number of non-ortho nitro benzene ring substituents is 1. The van der Waals surface area contributed by atoms with Gasteiger partial charge in [-0.05, 0) is 18.2 Å². The molecule has 1 amide bonds. The first kappa shape index (κ1) is 20.7. The Morgan fingerprint density at radius 2 is 2.03 bits per heavy atom. The minimum absolute atomic E-state index is 0.0899. The normalized spacial score (nSPS) is 14.7. The van der Waals surface area contributed by atoms with Crippen molar-refractivity contribution >= 4 is 49.9 Å². The molecular formula is C20H19ClN4O4S. The van der Waals surface area contributed by atoms with Crippen LogP contribution < -0.4 is 4.90 Å². The van der Waals surface area contributed by atoms with Crippen LogP contribution in [0.3, 0.4) is 0 Å². The molecule has 0 unspecified atom stereocenters. The third kappa shape index (κ3) is 4.44. The van der Waals surface area contributed by atoms with Crippen LogP contribution in [0.25, 0.3) is 10.2 Å². The van der Waals surface area contributed by atoms with E-state index >= 15 is 0 Å². The number of benzene rings is 2. The molecular weight excluding hydrogens is 428 g/mol. The van der Waals surface area contributed by atoms with Crippen LogP contribution in [0.4, 0.5) is 10.8 Å². The molecule has 1 aliphatic heterocycles. The van der Waals surface area contributed by atoms with E-state index in [1.807, 2.05) is 24.3 Å². The van der Waals surface area contributed by atoms with E-state index in [1.165, 1.54) is 29.5 Å². The summed E-state index contributed by atoms with van der Waals surface area (Å²) in [6.45, 7) is 3.92. The van der Waals surface area contributed by atoms with Crippen molar-refractivity contribution in [2.45, 2.75) is 0 Å². The predicted octanol–water partition coefficient (Wildman–Crippen LogP) is 3.84. The number of morpholine rings is 1. The summed E-state index contributed by atoms with van der Waals surface area (Å²) in [7, 11) is 0. The Labute approximate surface area is 181 Å². The molecule has 0 aliphatic carbocycles. The number of nitro benzene ring substituents is 1. The summed E-state index contributed by atoms with van der Waals surface area (Å²) in [6, 6.07) is 11.5. The van der Waals surface area contributed by atoms with Crippen molar-refractivity contribution in [3.8, 4) is 0 Å². The highest BCUT2D eigenvalue weighted by atomic mass is 35.5. The predicted molar refractivity (Wildman–Crippen MR) is 117 cm³/mol. The quantitative estimate of drug-likeness (QED) is 0.422. The number of thiazole rings is 1. The first-order valence-electron chi connectivity index (χ1n) is 9.44. The van der Waals surface area contributed by atoms with Crippen molar-refractivity contribution in [1.29, 1.82) is 0 Å². The zero-order valence-corrected chi connectivity index (χ0v) is 17.6. The minimum atomic E-state index is -0.539. The number of halogens is 1. The monoisotopic (exact) mass is 446 g/mol. The number of ether oxygens (including phenoxy) is 1.